The quantitative estimate of drug-likeness (QED) is 0.587. The Morgan fingerprint density at radius 3 is 2.47 bits per heavy atom. The van der Waals surface area contributed by atoms with Crippen LogP contribution in [0.2, 0.25) is 0 Å². The van der Waals surface area contributed by atoms with Gasteiger partial charge in [0.2, 0.25) is 0 Å². The van der Waals surface area contributed by atoms with Crippen LogP contribution in [0.1, 0.15) is 10.6 Å². The molecular weight excluding hydrogens is 224 g/mol. The molecule has 3 aromatic rings. The number of furan rings is 1. The fraction of sp³-hybridized carbons (Fsp3) is 0.167. The SMILES string of the molecule is Cc1ccc(-c2cc3sc(C)cc3s2)o1. The van der Waals surface area contributed by atoms with E-state index >= 15 is 0 Å². The molecule has 0 amide bonds. The average molecular weight is 234 g/mol. The first-order chi connectivity index (χ1) is 7.22. The Hall–Kier alpha value is -1.06. The average Bonchev–Trinajstić information content (AvgIpc) is 2.78. The molecule has 0 aliphatic rings. The second-order valence-electron chi connectivity index (χ2n) is 3.61. The number of rotatable bonds is 1. The Labute approximate surface area is 96.0 Å². The van der Waals surface area contributed by atoms with Crippen LogP contribution in [-0.4, -0.2) is 0 Å². The Bertz CT molecular complexity index is 581. The highest BCUT2D eigenvalue weighted by molar-refractivity contribution is 7.29. The van der Waals surface area contributed by atoms with E-state index < -0.39 is 0 Å². The molecule has 0 spiro atoms. The molecule has 0 N–H and O–H groups in total. The second kappa shape index (κ2) is 3.22. The summed E-state index contributed by atoms with van der Waals surface area (Å²) in [5.41, 5.74) is 0. The minimum Gasteiger partial charge on any atom is -0.461 e. The Balaban J connectivity index is 2.15. The lowest BCUT2D eigenvalue weighted by Gasteiger charge is -1.88. The summed E-state index contributed by atoms with van der Waals surface area (Å²) in [6.07, 6.45) is 0. The van der Waals surface area contributed by atoms with Crippen molar-refractivity contribution in [1.29, 1.82) is 0 Å². The van der Waals surface area contributed by atoms with Gasteiger partial charge in [-0.05, 0) is 38.1 Å². The summed E-state index contributed by atoms with van der Waals surface area (Å²) in [4.78, 5) is 2.60. The zero-order chi connectivity index (χ0) is 10.4. The summed E-state index contributed by atoms with van der Waals surface area (Å²) < 4.78 is 8.34. The molecule has 0 atom stereocenters. The van der Waals surface area contributed by atoms with E-state index in [4.69, 9.17) is 4.42 Å². The van der Waals surface area contributed by atoms with Crippen molar-refractivity contribution in [1.82, 2.24) is 0 Å². The summed E-state index contributed by atoms with van der Waals surface area (Å²) in [7, 11) is 0. The first kappa shape index (κ1) is 9.19. The highest BCUT2D eigenvalue weighted by Crippen LogP contribution is 2.38. The molecule has 0 aliphatic heterocycles. The van der Waals surface area contributed by atoms with Crippen molar-refractivity contribution >= 4 is 32.1 Å². The standard InChI is InChI=1S/C12H10OS2/c1-7-3-4-9(13-7)10-6-12-11(15-10)5-8(2)14-12/h3-6H,1-2H3. The zero-order valence-electron chi connectivity index (χ0n) is 8.53. The van der Waals surface area contributed by atoms with Crippen molar-refractivity contribution in [3.8, 4) is 10.6 Å². The predicted octanol–water partition coefficient (Wildman–Crippen LogP) is 4.84. The van der Waals surface area contributed by atoms with Crippen LogP contribution < -0.4 is 0 Å². The largest absolute Gasteiger partial charge is 0.461 e. The lowest BCUT2D eigenvalue weighted by atomic mass is 10.3. The second-order valence-corrected chi connectivity index (χ2v) is 5.98. The van der Waals surface area contributed by atoms with Crippen LogP contribution in [0.25, 0.3) is 20.0 Å². The van der Waals surface area contributed by atoms with E-state index in [9.17, 15) is 0 Å². The minimum absolute atomic E-state index is 0.970. The van der Waals surface area contributed by atoms with E-state index in [0.717, 1.165) is 11.5 Å². The monoisotopic (exact) mass is 234 g/mol. The predicted molar refractivity (Wildman–Crippen MR) is 66.9 cm³/mol. The molecule has 3 heteroatoms. The fourth-order valence-electron chi connectivity index (χ4n) is 1.64. The maximum atomic E-state index is 5.61. The Kier molecular flexibility index (Phi) is 1.97. The molecular formula is C12H10OS2. The van der Waals surface area contributed by atoms with Crippen molar-refractivity contribution < 1.29 is 4.42 Å². The molecule has 0 aliphatic carbocycles. The van der Waals surface area contributed by atoms with E-state index in [-0.39, 0.29) is 0 Å². The van der Waals surface area contributed by atoms with Gasteiger partial charge >= 0.3 is 0 Å². The van der Waals surface area contributed by atoms with Crippen molar-refractivity contribution in [3.05, 3.63) is 34.9 Å². The lowest BCUT2D eigenvalue weighted by molar-refractivity contribution is 0.549. The number of hydrogen-bond acceptors (Lipinski definition) is 3. The van der Waals surface area contributed by atoms with Crippen LogP contribution in [0.5, 0.6) is 0 Å². The fourth-order valence-corrected chi connectivity index (χ4v) is 3.92. The third-order valence-electron chi connectivity index (χ3n) is 2.31. The lowest BCUT2D eigenvalue weighted by Crippen LogP contribution is -1.61. The molecule has 0 unspecified atom stereocenters. The smallest absolute Gasteiger partial charge is 0.144 e. The van der Waals surface area contributed by atoms with Gasteiger partial charge in [-0.25, -0.2) is 0 Å². The Morgan fingerprint density at radius 1 is 1.00 bits per heavy atom. The third-order valence-corrected chi connectivity index (χ3v) is 4.54. The van der Waals surface area contributed by atoms with Gasteiger partial charge in [0, 0.05) is 14.3 Å². The van der Waals surface area contributed by atoms with Gasteiger partial charge in [0.1, 0.15) is 11.5 Å². The van der Waals surface area contributed by atoms with Crippen LogP contribution in [-0.2, 0) is 0 Å². The maximum Gasteiger partial charge on any atom is 0.144 e. The highest BCUT2D eigenvalue weighted by atomic mass is 32.1. The van der Waals surface area contributed by atoms with Crippen molar-refractivity contribution in [2.45, 2.75) is 13.8 Å². The molecule has 76 valence electrons. The van der Waals surface area contributed by atoms with Gasteiger partial charge in [-0.15, -0.1) is 22.7 Å². The number of aryl methyl sites for hydroxylation is 2. The van der Waals surface area contributed by atoms with E-state index in [0.29, 0.717) is 0 Å². The summed E-state index contributed by atoms with van der Waals surface area (Å²) >= 11 is 3.64. The van der Waals surface area contributed by atoms with Crippen molar-refractivity contribution in [2.24, 2.45) is 0 Å². The van der Waals surface area contributed by atoms with Gasteiger partial charge in [-0.1, -0.05) is 0 Å². The van der Waals surface area contributed by atoms with Crippen LogP contribution in [0.3, 0.4) is 0 Å². The number of thiophene rings is 2. The van der Waals surface area contributed by atoms with Crippen molar-refractivity contribution in [2.75, 3.05) is 0 Å². The summed E-state index contributed by atoms with van der Waals surface area (Å²) in [6, 6.07) is 8.51. The number of fused-ring (bicyclic) bond motifs is 1. The van der Waals surface area contributed by atoms with E-state index in [1.807, 2.05) is 30.4 Å². The normalized spacial score (nSPS) is 11.3. The van der Waals surface area contributed by atoms with E-state index in [1.165, 1.54) is 19.2 Å². The van der Waals surface area contributed by atoms with Crippen LogP contribution in [0.4, 0.5) is 0 Å². The van der Waals surface area contributed by atoms with Gasteiger partial charge in [-0.3, -0.25) is 0 Å². The summed E-state index contributed by atoms with van der Waals surface area (Å²) in [5.74, 6) is 1.96. The molecule has 0 radical (unpaired) electrons. The molecule has 0 saturated carbocycles. The molecule has 0 bridgehead atoms. The molecule has 15 heavy (non-hydrogen) atoms. The molecule has 0 saturated heterocycles. The number of hydrogen-bond donors (Lipinski definition) is 0. The van der Waals surface area contributed by atoms with Crippen LogP contribution >= 0.6 is 22.7 Å². The summed E-state index contributed by atoms with van der Waals surface area (Å²) in [5, 5.41) is 0. The van der Waals surface area contributed by atoms with Gasteiger partial charge in [-0.2, -0.15) is 0 Å². The van der Waals surface area contributed by atoms with Gasteiger partial charge in [0.05, 0.1) is 4.88 Å². The Morgan fingerprint density at radius 2 is 1.80 bits per heavy atom. The summed E-state index contributed by atoms with van der Waals surface area (Å²) in [6.45, 7) is 4.12. The third kappa shape index (κ3) is 1.52. The first-order valence-corrected chi connectivity index (χ1v) is 6.42. The van der Waals surface area contributed by atoms with Gasteiger partial charge in [0.15, 0.2) is 0 Å². The maximum absolute atomic E-state index is 5.61. The highest BCUT2D eigenvalue weighted by Gasteiger charge is 2.09. The first-order valence-electron chi connectivity index (χ1n) is 4.79. The molecule has 1 nitrogen and oxygen atoms in total. The molecule has 0 aromatic carbocycles. The zero-order valence-corrected chi connectivity index (χ0v) is 10.2. The molecule has 0 fully saturated rings. The van der Waals surface area contributed by atoms with Gasteiger partial charge in [0.25, 0.3) is 0 Å². The van der Waals surface area contributed by atoms with Gasteiger partial charge < -0.3 is 4.42 Å². The topological polar surface area (TPSA) is 13.1 Å². The van der Waals surface area contributed by atoms with E-state index in [2.05, 4.69) is 19.1 Å². The molecule has 3 heterocycles. The minimum atomic E-state index is 0.970. The molecule has 3 rings (SSSR count). The van der Waals surface area contributed by atoms with Crippen LogP contribution in [0.15, 0.2) is 28.7 Å². The van der Waals surface area contributed by atoms with Crippen LogP contribution in [0, 0.1) is 13.8 Å². The van der Waals surface area contributed by atoms with E-state index in [1.54, 1.807) is 11.3 Å². The molecule has 3 aromatic heterocycles. The van der Waals surface area contributed by atoms with Crippen molar-refractivity contribution in [3.63, 3.8) is 0 Å².